The van der Waals surface area contributed by atoms with Gasteiger partial charge in [-0.05, 0) is 25.1 Å². The van der Waals surface area contributed by atoms with Crippen molar-refractivity contribution >= 4 is 17.6 Å². The third-order valence-corrected chi connectivity index (χ3v) is 3.48. The summed E-state index contributed by atoms with van der Waals surface area (Å²) in [5.41, 5.74) is -0.711. The van der Waals surface area contributed by atoms with Crippen molar-refractivity contribution < 1.29 is 23.5 Å². The van der Waals surface area contributed by atoms with Crippen LogP contribution in [0, 0.1) is 23.5 Å². The lowest BCUT2D eigenvalue weighted by Gasteiger charge is -2.31. The van der Waals surface area contributed by atoms with Crippen LogP contribution in [0.4, 0.5) is 14.5 Å². The highest BCUT2D eigenvalue weighted by atomic mass is 19.2. The molecule has 108 valence electrons. The number of anilines is 1. The average molecular weight is 284 g/mol. The van der Waals surface area contributed by atoms with E-state index >= 15 is 0 Å². The Bertz CT molecular complexity index is 559. The Morgan fingerprint density at radius 1 is 1.35 bits per heavy atom. The lowest BCUT2D eigenvalue weighted by Crippen LogP contribution is -2.48. The van der Waals surface area contributed by atoms with E-state index in [4.69, 9.17) is 5.11 Å². The van der Waals surface area contributed by atoms with Crippen molar-refractivity contribution in [1.29, 1.82) is 0 Å². The van der Waals surface area contributed by atoms with Crippen molar-refractivity contribution in [2.75, 3.05) is 18.4 Å². The standard InChI is InChI=1S/C13H14F2N2O3/c1-6(7-4-16-5-7)12(18)17-11-3-10(15)9(14)2-8(11)13(19)20/h2-3,6-7,16H,4-5H2,1H3,(H,17,18)(H,19,20). The second kappa shape index (κ2) is 5.54. The van der Waals surface area contributed by atoms with Crippen LogP contribution in [0.15, 0.2) is 12.1 Å². The molecule has 3 N–H and O–H groups in total. The first-order valence-electron chi connectivity index (χ1n) is 6.14. The van der Waals surface area contributed by atoms with Gasteiger partial charge in [-0.3, -0.25) is 4.79 Å². The van der Waals surface area contributed by atoms with Gasteiger partial charge in [-0.15, -0.1) is 0 Å². The molecule has 0 radical (unpaired) electrons. The van der Waals surface area contributed by atoms with Crippen LogP contribution in [0.1, 0.15) is 17.3 Å². The van der Waals surface area contributed by atoms with Gasteiger partial charge in [-0.1, -0.05) is 6.92 Å². The topological polar surface area (TPSA) is 78.4 Å². The number of carbonyl (C=O) groups excluding carboxylic acids is 1. The molecule has 5 nitrogen and oxygen atoms in total. The summed E-state index contributed by atoms with van der Waals surface area (Å²) in [5.74, 6) is -4.50. The molecular formula is C13H14F2N2O3. The van der Waals surface area contributed by atoms with Crippen molar-refractivity contribution in [2.45, 2.75) is 6.92 Å². The Morgan fingerprint density at radius 3 is 2.45 bits per heavy atom. The molecule has 1 amide bonds. The number of carbonyl (C=O) groups is 2. The molecule has 1 aliphatic heterocycles. The highest BCUT2D eigenvalue weighted by Crippen LogP contribution is 2.23. The Kier molecular flexibility index (Phi) is 3.99. The van der Waals surface area contributed by atoms with E-state index in [1.165, 1.54) is 0 Å². The molecular weight excluding hydrogens is 270 g/mol. The van der Waals surface area contributed by atoms with E-state index in [1.54, 1.807) is 6.92 Å². The van der Waals surface area contributed by atoms with E-state index in [0.717, 1.165) is 0 Å². The summed E-state index contributed by atoms with van der Waals surface area (Å²) in [4.78, 5) is 23.0. The predicted octanol–water partition coefficient (Wildman–Crippen LogP) is 1.46. The van der Waals surface area contributed by atoms with Crippen LogP contribution in [0.3, 0.4) is 0 Å². The fourth-order valence-electron chi connectivity index (χ4n) is 1.95. The maximum Gasteiger partial charge on any atom is 0.337 e. The average Bonchev–Trinajstić information content (AvgIpc) is 2.30. The number of rotatable bonds is 4. The van der Waals surface area contributed by atoms with Crippen LogP contribution in [-0.4, -0.2) is 30.1 Å². The summed E-state index contributed by atoms with van der Waals surface area (Å²) in [6, 6.07) is 1.24. The summed E-state index contributed by atoms with van der Waals surface area (Å²) >= 11 is 0. The zero-order valence-corrected chi connectivity index (χ0v) is 10.7. The zero-order valence-electron chi connectivity index (χ0n) is 10.7. The smallest absolute Gasteiger partial charge is 0.337 e. The van der Waals surface area contributed by atoms with Crippen LogP contribution < -0.4 is 10.6 Å². The molecule has 0 bridgehead atoms. The number of carboxylic acids is 1. The molecule has 1 heterocycles. The van der Waals surface area contributed by atoms with Crippen molar-refractivity contribution in [1.82, 2.24) is 5.32 Å². The molecule has 1 aliphatic rings. The van der Waals surface area contributed by atoms with Crippen LogP contribution >= 0.6 is 0 Å². The van der Waals surface area contributed by atoms with Crippen molar-refractivity contribution in [2.24, 2.45) is 11.8 Å². The summed E-state index contributed by atoms with van der Waals surface area (Å²) < 4.78 is 26.2. The number of hydrogen-bond donors (Lipinski definition) is 3. The van der Waals surface area contributed by atoms with Gasteiger partial charge in [0.05, 0.1) is 11.3 Å². The minimum absolute atomic E-state index is 0.161. The second-order valence-corrected chi connectivity index (χ2v) is 4.81. The van der Waals surface area contributed by atoms with E-state index in [1.807, 2.05) is 0 Å². The first-order valence-corrected chi connectivity index (χ1v) is 6.14. The first-order chi connectivity index (χ1) is 9.40. The number of hydrogen-bond acceptors (Lipinski definition) is 3. The Balaban J connectivity index is 2.21. The first kappa shape index (κ1) is 14.4. The SMILES string of the molecule is CC(C(=O)Nc1cc(F)c(F)cc1C(=O)O)C1CNC1. The summed E-state index contributed by atoms with van der Waals surface area (Å²) in [5, 5.41) is 14.3. The molecule has 0 aromatic heterocycles. The third-order valence-electron chi connectivity index (χ3n) is 3.48. The van der Waals surface area contributed by atoms with Gasteiger partial charge >= 0.3 is 5.97 Å². The molecule has 1 atom stereocenters. The van der Waals surface area contributed by atoms with Gasteiger partial charge in [0.1, 0.15) is 0 Å². The highest BCUT2D eigenvalue weighted by molar-refractivity contribution is 6.01. The normalized spacial score (nSPS) is 16.4. The summed E-state index contributed by atoms with van der Waals surface area (Å²) in [7, 11) is 0. The van der Waals surface area contributed by atoms with E-state index < -0.39 is 29.1 Å². The van der Waals surface area contributed by atoms with E-state index in [2.05, 4.69) is 10.6 Å². The van der Waals surface area contributed by atoms with Crippen LogP contribution in [0.2, 0.25) is 0 Å². The minimum Gasteiger partial charge on any atom is -0.478 e. The maximum absolute atomic E-state index is 13.2. The molecule has 0 aliphatic carbocycles. The molecule has 0 spiro atoms. The fourth-order valence-corrected chi connectivity index (χ4v) is 1.95. The molecule has 1 aromatic carbocycles. The van der Waals surface area contributed by atoms with Crippen LogP contribution in [-0.2, 0) is 4.79 Å². The quantitative estimate of drug-likeness (QED) is 0.782. The van der Waals surface area contributed by atoms with Crippen molar-refractivity contribution in [3.8, 4) is 0 Å². The van der Waals surface area contributed by atoms with E-state index in [0.29, 0.717) is 25.2 Å². The number of amides is 1. The lowest BCUT2D eigenvalue weighted by molar-refractivity contribution is -0.121. The Morgan fingerprint density at radius 2 is 1.95 bits per heavy atom. The Hall–Kier alpha value is -2.02. The molecule has 0 saturated carbocycles. The number of carboxylic acid groups (broad SMARTS) is 1. The molecule has 1 saturated heterocycles. The van der Waals surface area contributed by atoms with E-state index in [-0.39, 0.29) is 17.5 Å². The van der Waals surface area contributed by atoms with Gasteiger partial charge < -0.3 is 15.7 Å². The van der Waals surface area contributed by atoms with Crippen molar-refractivity contribution in [3.05, 3.63) is 29.3 Å². The Labute approximate surface area is 114 Å². The molecule has 1 aromatic rings. The molecule has 1 fully saturated rings. The zero-order chi connectivity index (χ0) is 14.9. The van der Waals surface area contributed by atoms with Crippen LogP contribution in [0.5, 0.6) is 0 Å². The van der Waals surface area contributed by atoms with Gasteiger partial charge in [0.15, 0.2) is 11.6 Å². The maximum atomic E-state index is 13.2. The number of benzene rings is 1. The number of halogens is 2. The van der Waals surface area contributed by atoms with Gasteiger partial charge in [-0.2, -0.15) is 0 Å². The fraction of sp³-hybridized carbons (Fsp3) is 0.385. The molecule has 7 heteroatoms. The highest BCUT2D eigenvalue weighted by Gasteiger charge is 2.29. The van der Waals surface area contributed by atoms with Crippen LogP contribution in [0.25, 0.3) is 0 Å². The lowest BCUT2D eigenvalue weighted by atomic mass is 9.88. The van der Waals surface area contributed by atoms with E-state index in [9.17, 15) is 18.4 Å². The minimum atomic E-state index is -1.43. The third kappa shape index (κ3) is 2.77. The summed E-state index contributed by atoms with van der Waals surface area (Å²) in [6.07, 6.45) is 0. The summed E-state index contributed by atoms with van der Waals surface area (Å²) in [6.45, 7) is 3.12. The van der Waals surface area contributed by atoms with Gasteiger partial charge in [-0.25, -0.2) is 13.6 Å². The molecule has 20 heavy (non-hydrogen) atoms. The number of nitrogens with one attached hydrogen (secondary N) is 2. The number of aromatic carboxylic acids is 1. The molecule has 2 rings (SSSR count). The monoisotopic (exact) mass is 284 g/mol. The van der Waals surface area contributed by atoms with Gasteiger partial charge in [0.2, 0.25) is 5.91 Å². The van der Waals surface area contributed by atoms with Crippen molar-refractivity contribution in [3.63, 3.8) is 0 Å². The molecule has 1 unspecified atom stereocenters. The second-order valence-electron chi connectivity index (χ2n) is 4.81. The van der Waals surface area contributed by atoms with Gasteiger partial charge in [0, 0.05) is 12.0 Å². The largest absolute Gasteiger partial charge is 0.478 e. The predicted molar refractivity (Wildman–Crippen MR) is 67.5 cm³/mol. The van der Waals surface area contributed by atoms with Gasteiger partial charge in [0.25, 0.3) is 0 Å².